The Morgan fingerprint density at radius 3 is 1.30 bits per heavy atom. The molecule has 0 saturated carbocycles. The van der Waals surface area contributed by atoms with Crippen LogP contribution in [0.1, 0.15) is 22.3 Å². The first-order valence-corrected chi connectivity index (χ1v) is 18.7. The van der Waals surface area contributed by atoms with Gasteiger partial charge in [0.2, 0.25) is 0 Å². The first-order valence-electron chi connectivity index (χ1n) is 18.7. The first-order chi connectivity index (χ1) is 26.4. The maximum absolute atomic E-state index is 6.76. The summed E-state index contributed by atoms with van der Waals surface area (Å²) in [6.45, 7) is 8.58. The van der Waals surface area contributed by atoms with Gasteiger partial charge in [-0.15, -0.1) is 0 Å². The second-order valence-electron chi connectivity index (χ2n) is 14.7. The van der Waals surface area contributed by atoms with Crippen LogP contribution >= 0.6 is 0 Å². The Morgan fingerprint density at radius 1 is 0.315 bits per heavy atom. The topological polar surface area (TPSA) is 26.3 Å². The van der Waals surface area contributed by atoms with Crippen LogP contribution in [0, 0.1) is 27.7 Å². The predicted octanol–water partition coefficient (Wildman–Crippen LogP) is 15.2. The molecule has 2 heterocycles. The standard InChI is InChI=1S/C30H22O.C22H16O/c1-19-13-15-23-24-16-14-20(2)18-26(24)30-28(25(23)17-19)27(21-9-5-3-6-10-21)29(31-30)22-11-7-4-8-12-22;1-13-7-9-15-16-10-8-14(2)12-19(16)22-21(18(15)11-13)17-5-3-4-6-20(17)23-22/h3-18H,1-2H3;3-12H,1-2H3. The van der Waals surface area contributed by atoms with Crippen LogP contribution in [-0.2, 0) is 0 Å². The number of rotatable bonds is 2. The zero-order chi connectivity index (χ0) is 36.5. The Labute approximate surface area is 313 Å². The largest absolute Gasteiger partial charge is 0.455 e. The van der Waals surface area contributed by atoms with Crippen molar-refractivity contribution in [1.82, 2.24) is 0 Å². The highest BCUT2D eigenvalue weighted by Gasteiger charge is 2.23. The van der Waals surface area contributed by atoms with E-state index in [0.717, 1.165) is 28.1 Å². The molecule has 0 amide bonds. The number of fused-ring (bicyclic) bond motifs is 14. The number of aryl methyl sites for hydroxylation is 4. The minimum Gasteiger partial charge on any atom is -0.455 e. The molecule has 0 bridgehead atoms. The summed E-state index contributed by atoms with van der Waals surface area (Å²) in [7, 11) is 0. The first kappa shape index (κ1) is 32.0. The van der Waals surface area contributed by atoms with Crippen LogP contribution in [0.3, 0.4) is 0 Å². The molecule has 0 saturated heterocycles. The molecule has 0 fully saturated rings. The molecule has 11 rings (SSSR count). The third-order valence-electron chi connectivity index (χ3n) is 10.9. The lowest BCUT2D eigenvalue weighted by Gasteiger charge is -2.10. The molecule has 0 spiro atoms. The van der Waals surface area contributed by atoms with Crippen LogP contribution in [0.5, 0.6) is 0 Å². The smallest absolute Gasteiger partial charge is 0.143 e. The highest BCUT2D eigenvalue weighted by atomic mass is 16.3. The number of benzene rings is 9. The fourth-order valence-electron chi connectivity index (χ4n) is 8.41. The van der Waals surface area contributed by atoms with Crippen LogP contribution in [0.4, 0.5) is 0 Å². The number of para-hydroxylation sites is 1. The molecule has 0 atom stereocenters. The fourth-order valence-corrected chi connectivity index (χ4v) is 8.41. The Balaban J connectivity index is 0.000000140. The van der Waals surface area contributed by atoms with Gasteiger partial charge in [-0.3, -0.25) is 0 Å². The van der Waals surface area contributed by atoms with Gasteiger partial charge in [0, 0.05) is 38.1 Å². The van der Waals surface area contributed by atoms with Gasteiger partial charge in [-0.05, 0) is 83.8 Å². The molecule has 2 aromatic heterocycles. The average Bonchev–Trinajstić information content (AvgIpc) is 3.80. The van der Waals surface area contributed by atoms with Crippen molar-refractivity contribution >= 4 is 76.0 Å². The summed E-state index contributed by atoms with van der Waals surface area (Å²) in [6.07, 6.45) is 0. The van der Waals surface area contributed by atoms with Gasteiger partial charge in [-0.2, -0.15) is 0 Å². The molecule has 2 heteroatoms. The molecule has 0 unspecified atom stereocenters. The van der Waals surface area contributed by atoms with Crippen LogP contribution < -0.4 is 0 Å². The molecular weight excluding hydrogens is 657 g/mol. The number of hydrogen-bond acceptors (Lipinski definition) is 2. The lowest BCUT2D eigenvalue weighted by atomic mass is 9.91. The van der Waals surface area contributed by atoms with E-state index in [1.807, 2.05) is 12.1 Å². The Morgan fingerprint density at radius 2 is 0.741 bits per heavy atom. The zero-order valence-electron chi connectivity index (χ0n) is 30.8. The summed E-state index contributed by atoms with van der Waals surface area (Å²) < 4.78 is 13.0. The van der Waals surface area contributed by atoms with Gasteiger partial charge < -0.3 is 8.83 Å². The third-order valence-corrected chi connectivity index (χ3v) is 10.9. The molecule has 0 aliphatic heterocycles. The van der Waals surface area contributed by atoms with Gasteiger partial charge in [0.25, 0.3) is 0 Å². The predicted molar refractivity (Wildman–Crippen MR) is 230 cm³/mol. The van der Waals surface area contributed by atoms with Crippen LogP contribution in [0.2, 0.25) is 0 Å². The molecule has 0 radical (unpaired) electrons. The molecular formula is C52H38O2. The van der Waals surface area contributed by atoms with E-state index in [0.29, 0.717) is 0 Å². The second kappa shape index (κ2) is 12.5. The summed E-state index contributed by atoms with van der Waals surface area (Å²) in [6, 6.07) is 56.2. The van der Waals surface area contributed by atoms with E-state index in [4.69, 9.17) is 8.83 Å². The second-order valence-corrected chi connectivity index (χ2v) is 14.7. The van der Waals surface area contributed by atoms with Crippen LogP contribution in [0.15, 0.2) is 167 Å². The maximum Gasteiger partial charge on any atom is 0.143 e. The van der Waals surface area contributed by atoms with E-state index in [9.17, 15) is 0 Å². The van der Waals surface area contributed by atoms with Gasteiger partial charge in [-0.25, -0.2) is 0 Å². The summed E-state index contributed by atoms with van der Waals surface area (Å²) in [4.78, 5) is 0. The molecule has 54 heavy (non-hydrogen) atoms. The monoisotopic (exact) mass is 694 g/mol. The van der Waals surface area contributed by atoms with Crippen molar-refractivity contribution in [2.24, 2.45) is 0 Å². The quantitative estimate of drug-likeness (QED) is 0.168. The molecule has 0 N–H and O–H groups in total. The van der Waals surface area contributed by atoms with Gasteiger partial charge in [0.1, 0.15) is 22.5 Å². The lowest BCUT2D eigenvalue weighted by molar-refractivity contribution is 0.636. The van der Waals surface area contributed by atoms with Gasteiger partial charge in [0.05, 0.1) is 0 Å². The van der Waals surface area contributed by atoms with Gasteiger partial charge in [0.15, 0.2) is 0 Å². The van der Waals surface area contributed by atoms with E-state index in [-0.39, 0.29) is 0 Å². The highest BCUT2D eigenvalue weighted by molar-refractivity contribution is 6.31. The molecule has 9 aromatic carbocycles. The Kier molecular flexibility index (Phi) is 7.42. The number of furan rings is 2. The van der Waals surface area contributed by atoms with Crippen LogP contribution in [-0.4, -0.2) is 0 Å². The number of hydrogen-bond donors (Lipinski definition) is 0. The van der Waals surface area contributed by atoms with Crippen molar-refractivity contribution in [3.8, 4) is 22.5 Å². The fraction of sp³-hybridized carbons (Fsp3) is 0.0769. The van der Waals surface area contributed by atoms with E-state index in [1.165, 1.54) is 92.6 Å². The lowest BCUT2D eigenvalue weighted by Crippen LogP contribution is -1.85. The van der Waals surface area contributed by atoms with Crippen molar-refractivity contribution in [3.63, 3.8) is 0 Å². The van der Waals surface area contributed by atoms with E-state index < -0.39 is 0 Å². The SMILES string of the molecule is Cc1ccc2c3ccc(C)cc3c3c(-c4ccccc4)c(-c4ccccc4)oc3c2c1.Cc1ccc2c3ccc(C)cc3c3c4ccccc4oc3c2c1. The van der Waals surface area contributed by atoms with Crippen molar-refractivity contribution in [3.05, 3.63) is 180 Å². The van der Waals surface area contributed by atoms with Gasteiger partial charge >= 0.3 is 0 Å². The van der Waals surface area contributed by atoms with Crippen molar-refractivity contribution in [2.75, 3.05) is 0 Å². The van der Waals surface area contributed by atoms with Gasteiger partial charge in [-0.1, -0.05) is 162 Å². The van der Waals surface area contributed by atoms with Crippen molar-refractivity contribution in [1.29, 1.82) is 0 Å². The van der Waals surface area contributed by atoms with E-state index in [2.05, 4.69) is 173 Å². The average molecular weight is 695 g/mol. The zero-order valence-corrected chi connectivity index (χ0v) is 30.8. The van der Waals surface area contributed by atoms with Crippen LogP contribution in [0.25, 0.3) is 98.4 Å². The third kappa shape index (κ3) is 5.09. The Hall–Kier alpha value is -6.64. The molecule has 11 aromatic rings. The highest BCUT2D eigenvalue weighted by Crippen LogP contribution is 2.47. The minimum atomic E-state index is 0.929. The van der Waals surface area contributed by atoms with E-state index in [1.54, 1.807) is 0 Å². The Bertz CT molecular complexity index is 3230. The minimum absolute atomic E-state index is 0.929. The van der Waals surface area contributed by atoms with E-state index >= 15 is 0 Å². The summed E-state index contributed by atoms with van der Waals surface area (Å²) in [5.74, 6) is 0.929. The molecule has 2 nitrogen and oxygen atoms in total. The molecule has 0 aliphatic rings. The summed E-state index contributed by atoms with van der Waals surface area (Å²) in [5, 5.41) is 13.6. The van der Waals surface area contributed by atoms with Crippen molar-refractivity contribution in [2.45, 2.75) is 27.7 Å². The summed E-state index contributed by atoms with van der Waals surface area (Å²) >= 11 is 0. The maximum atomic E-state index is 6.76. The van der Waals surface area contributed by atoms with Crippen molar-refractivity contribution < 1.29 is 8.83 Å². The molecule has 0 aliphatic carbocycles. The summed E-state index contributed by atoms with van der Waals surface area (Å²) in [5.41, 5.74) is 11.4. The normalized spacial score (nSPS) is 11.7. The molecule has 258 valence electrons.